The minimum atomic E-state index is -1.62. The Morgan fingerprint density at radius 3 is 1.76 bits per heavy atom. The molecule has 0 saturated carbocycles. The molecule has 35 nitrogen and oxygen atoms in total. The number of hydrogen-bond donors (Lipinski definition) is 18. The summed E-state index contributed by atoms with van der Waals surface area (Å²) in [5.74, 6) is -14.5. The van der Waals surface area contributed by atoms with Crippen LogP contribution >= 0.6 is 0 Å². The Labute approximate surface area is 510 Å². The number of nitrogens with two attached hydrogens (primary N) is 4. The summed E-state index contributed by atoms with van der Waals surface area (Å²) in [6, 6.07) is -9.58. The number of nitrogens with one attached hydrogen (secondary N) is 11. The lowest BCUT2D eigenvalue weighted by Crippen LogP contribution is -2.60. The Hall–Kier alpha value is -9.96. The molecule has 0 unspecified atom stereocenters. The van der Waals surface area contributed by atoms with Gasteiger partial charge in [0.15, 0.2) is 5.96 Å². The number of carboxylic acid groups (broad SMARTS) is 2. The number of phenolic OH excluding ortho intramolecular Hbond substituents is 1. The standard InChI is InChI=1S/C54H82N18O17/c1-25(2)42(51(86)70-37(53(88)89)19-30-11-13-32(73)14-12-30)71-49(84)34(15-16-41(76)77)67-46(81)29(6)65-48(83)33(9-7-17-60-54(57)58)66-45(80)28(5)64-44(79)27(4)63-40(75)23-61-47(82)35(20-31-22-59-24-62-31)68-50(85)38-10-8-18-72(38)52(87)36(21-39(56)74)69-43(78)26(3)55/h11-14,22,24-29,33-38,42,73H,7-10,15-21,23,55H2,1-6H3,(H2,56,74)(H,59,62)(H,61,82)(H,63,75)(H,64,79)(H,65,83)(H,66,80)(H,67,81)(H,68,85)(H,69,78)(H,70,86)(H,71,84)(H,76,77)(H,88,89)(H4,57,58,60)/t26-,27-,28-,29-,33-,34-,35-,36-,37-,38-,42-/m0/s1. The first-order chi connectivity index (χ1) is 41.8. The van der Waals surface area contributed by atoms with Crippen molar-refractivity contribution in [3.63, 3.8) is 0 Å². The van der Waals surface area contributed by atoms with Gasteiger partial charge in [0.2, 0.25) is 70.9 Å². The van der Waals surface area contributed by atoms with E-state index in [1.807, 2.05) is 0 Å². The molecule has 35 heteroatoms. The number of carboxylic acids is 2. The zero-order chi connectivity index (χ0) is 66.8. The number of aliphatic imine (C=N–C) groups is 1. The maximum Gasteiger partial charge on any atom is 0.326 e. The fourth-order valence-corrected chi connectivity index (χ4v) is 8.75. The van der Waals surface area contributed by atoms with E-state index < -0.39 is 181 Å². The van der Waals surface area contributed by atoms with E-state index in [9.17, 15) is 82.4 Å². The predicted molar refractivity (Wildman–Crippen MR) is 313 cm³/mol. The molecule has 0 radical (unpaired) electrons. The van der Waals surface area contributed by atoms with Gasteiger partial charge in [0.1, 0.15) is 66.2 Å². The molecular weight excluding hydrogens is 1170 g/mol. The van der Waals surface area contributed by atoms with Gasteiger partial charge < -0.3 is 101 Å². The van der Waals surface area contributed by atoms with Crippen LogP contribution in [-0.2, 0) is 80.0 Å². The van der Waals surface area contributed by atoms with Gasteiger partial charge in [-0.05, 0) is 83.4 Å². The molecule has 1 aliphatic heterocycles. The molecule has 2 aromatic rings. The van der Waals surface area contributed by atoms with Gasteiger partial charge in [-0.1, -0.05) is 26.0 Å². The monoisotopic (exact) mass is 1250 g/mol. The number of aromatic amines is 1. The fourth-order valence-electron chi connectivity index (χ4n) is 8.75. The number of imidazole rings is 1. The number of benzene rings is 1. The van der Waals surface area contributed by atoms with Gasteiger partial charge in [-0.15, -0.1) is 0 Å². The summed E-state index contributed by atoms with van der Waals surface area (Å²) >= 11 is 0. The average Bonchev–Trinajstić information content (AvgIpc) is 3.15. The molecule has 22 N–H and O–H groups in total. The number of hydrogen-bond acceptors (Lipinski definition) is 18. The quantitative estimate of drug-likeness (QED) is 0.0171. The van der Waals surface area contributed by atoms with E-state index in [1.165, 1.54) is 78.3 Å². The van der Waals surface area contributed by atoms with Gasteiger partial charge in [-0.2, -0.15) is 0 Å². The van der Waals surface area contributed by atoms with Crippen molar-refractivity contribution in [3.05, 3.63) is 48.0 Å². The zero-order valence-electron chi connectivity index (χ0n) is 50.1. The third-order valence-corrected chi connectivity index (χ3v) is 13.7. The first-order valence-electron chi connectivity index (χ1n) is 28.4. The second-order valence-electron chi connectivity index (χ2n) is 21.5. The molecule has 1 aromatic carbocycles. The number of likely N-dealkylation sites (tertiary alicyclic amines) is 1. The van der Waals surface area contributed by atoms with E-state index in [0.717, 1.165) is 4.90 Å². The number of phenols is 1. The molecule has 3 rings (SSSR count). The van der Waals surface area contributed by atoms with Crippen molar-refractivity contribution in [3.8, 4) is 5.75 Å². The molecular formula is C54H82N18O17. The number of nitrogens with zero attached hydrogens (tertiary/aromatic N) is 3. The maximum atomic E-state index is 13.8. The van der Waals surface area contributed by atoms with Crippen LogP contribution in [-0.4, -0.2) is 205 Å². The minimum Gasteiger partial charge on any atom is -0.508 e. The van der Waals surface area contributed by atoms with Crippen molar-refractivity contribution in [2.24, 2.45) is 33.8 Å². The summed E-state index contributed by atoms with van der Waals surface area (Å²) in [7, 11) is 0. The number of aromatic hydroxyl groups is 1. The average molecular weight is 1260 g/mol. The summed E-state index contributed by atoms with van der Waals surface area (Å²) in [6.45, 7) is 7.46. The molecule has 12 amide bonds. The van der Waals surface area contributed by atoms with Crippen LogP contribution in [0.25, 0.3) is 0 Å². The summed E-state index contributed by atoms with van der Waals surface area (Å²) in [4.78, 5) is 195. The predicted octanol–water partition coefficient (Wildman–Crippen LogP) is -6.69. The number of H-pyrrole nitrogens is 1. The molecule has 0 spiro atoms. The van der Waals surface area contributed by atoms with Crippen molar-refractivity contribution in [1.82, 2.24) is 68.0 Å². The van der Waals surface area contributed by atoms with E-state index in [4.69, 9.17) is 22.9 Å². The van der Waals surface area contributed by atoms with Crippen LogP contribution in [0, 0.1) is 5.92 Å². The molecule has 1 saturated heterocycles. The highest BCUT2D eigenvalue weighted by molar-refractivity contribution is 5.99. The number of primary amides is 1. The highest BCUT2D eigenvalue weighted by Crippen LogP contribution is 2.20. The molecule has 11 atom stereocenters. The third-order valence-electron chi connectivity index (χ3n) is 13.7. The number of amides is 12. The van der Waals surface area contributed by atoms with Crippen LogP contribution in [0.2, 0.25) is 0 Å². The SMILES string of the molecule is CC(C)[C@H](NC(=O)[C@H](CCC(=O)O)NC(=O)[C@H](C)NC(=O)[C@H](CCCN=C(N)N)NC(=O)[C@H](C)NC(=O)[C@H](C)NC(=O)CNC(=O)[C@H](Cc1cnc[nH]1)NC(=O)[C@@H]1CCCN1C(=O)[C@H](CC(N)=O)NC(=O)[C@H](C)N)C(=O)N[C@@H](Cc1ccc(O)cc1)C(=O)O. The fraction of sp³-hybridized carbons (Fsp3) is 0.556. The number of carbonyl (C=O) groups is 14. The Morgan fingerprint density at radius 2 is 1.21 bits per heavy atom. The van der Waals surface area contributed by atoms with Crippen molar-refractivity contribution < 1.29 is 82.4 Å². The molecule has 1 aliphatic rings. The van der Waals surface area contributed by atoms with Crippen LogP contribution in [0.1, 0.15) is 97.7 Å². The number of carbonyl (C=O) groups excluding carboxylic acids is 12. The molecule has 89 heavy (non-hydrogen) atoms. The second kappa shape index (κ2) is 35.6. The van der Waals surface area contributed by atoms with Crippen LogP contribution in [0.3, 0.4) is 0 Å². The Morgan fingerprint density at radius 1 is 0.652 bits per heavy atom. The van der Waals surface area contributed by atoms with Crippen LogP contribution in [0.4, 0.5) is 0 Å². The van der Waals surface area contributed by atoms with Crippen molar-refractivity contribution in [2.75, 3.05) is 19.6 Å². The molecule has 1 fully saturated rings. The van der Waals surface area contributed by atoms with E-state index in [2.05, 4.69) is 68.1 Å². The van der Waals surface area contributed by atoms with E-state index in [-0.39, 0.29) is 56.9 Å². The first-order valence-corrected chi connectivity index (χ1v) is 28.4. The van der Waals surface area contributed by atoms with Gasteiger partial charge in [0.25, 0.3) is 0 Å². The molecule has 0 aliphatic carbocycles. The Kier molecular flexibility index (Phi) is 29.3. The van der Waals surface area contributed by atoms with Gasteiger partial charge in [0.05, 0.1) is 25.3 Å². The minimum absolute atomic E-state index is 0.0199. The molecule has 2 heterocycles. The number of aromatic nitrogens is 2. The van der Waals surface area contributed by atoms with E-state index in [0.29, 0.717) is 17.7 Å². The maximum absolute atomic E-state index is 13.8. The topological polar surface area (TPSA) is 568 Å². The number of aliphatic carboxylic acids is 2. The largest absolute Gasteiger partial charge is 0.508 e. The van der Waals surface area contributed by atoms with Crippen molar-refractivity contribution >= 4 is 88.8 Å². The molecule has 490 valence electrons. The highest BCUT2D eigenvalue weighted by Gasteiger charge is 2.40. The van der Waals surface area contributed by atoms with Crippen LogP contribution in [0.5, 0.6) is 5.75 Å². The van der Waals surface area contributed by atoms with Gasteiger partial charge in [-0.3, -0.25) is 67.3 Å². The van der Waals surface area contributed by atoms with Gasteiger partial charge in [0, 0.05) is 44.2 Å². The van der Waals surface area contributed by atoms with Gasteiger partial charge in [-0.25, -0.2) is 9.78 Å². The van der Waals surface area contributed by atoms with Crippen LogP contribution in [0.15, 0.2) is 41.8 Å². The lowest BCUT2D eigenvalue weighted by molar-refractivity contribution is -0.143. The Balaban J connectivity index is 1.66. The third kappa shape index (κ3) is 25.1. The molecule has 0 bridgehead atoms. The summed E-state index contributed by atoms with van der Waals surface area (Å²) in [5.41, 5.74) is 22.7. The van der Waals surface area contributed by atoms with Crippen LogP contribution < -0.4 is 76.1 Å². The zero-order valence-corrected chi connectivity index (χ0v) is 50.1. The lowest BCUT2D eigenvalue weighted by Gasteiger charge is -2.29. The summed E-state index contributed by atoms with van der Waals surface area (Å²) in [5, 5.41) is 53.1. The Bertz CT molecular complexity index is 2880. The van der Waals surface area contributed by atoms with Crippen molar-refractivity contribution in [1.29, 1.82) is 0 Å². The summed E-state index contributed by atoms with van der Waals surface area (Å²) < 4.78 is 0. The number of rotatable bonds is 36. The smallest absolute Gasteiger partial charge is 0.326 e. The van der Waals surface area contributed by atoms with Gasteiger partial charge >= 0.3 is 11.9 Å². The number of guanidine groups is 1. The lowest BCUT2D eigenvalue weighted by atomic mass is 10.00. The summed E-state index contributed by atoms with van der Waals surface area (Å²) in [6.07, 6.45) is 1.01. The van der Waals surface area contributed by atoms with Crippen molar-refractivity contribution in [2.45, 2.75) is 166 Å². The van der Waals surface area contributed by atoms with E-state index >= 15 is 0 Å². The second-order valence-corrected chi connectivity index (χ2v) is 21.5. The van der Waals surface area contributed by atoms with E-state index in [1.54, 1.807) is 0 Å². The molecule has 1 aromatic heterocycles. The normalized spacial score (nSPS) is 16.0. The highest BCUT2D eigenvalue weighted by atomic mass is 16.4. The first kappa shape index (κ1) is 73.3.